The van der Waals surface area contributed by atoms with E-state index in [1.54, 1.807) is 24.5 Å². The summed E-state index contributed by atoms with van der Waals surface area (Å²) in [6.45, 7) is 3.35. The molecule has 0 amide bonds. The molecule has 6 aromatic rings. The number of aliphatic carboxylic acids is 1. The lowest BCUT2D eigenvalue weighted by molar-refractivity contribution is -0.287. The number of nitrogens with one attached hydrogen (secondary N) is 1. The Morgan fingerprint density at radius 1 is 0.942 bits per heavy atom. The van der Waals surface area contributed by atoms with Gasteiger partial charge in [0.05, 0.1) is 22.7 Å². The number of phenols is 1. The van der Waals surface area contributed by atoms with E-state index in [4.69, 9.17) is 28.6 Å². The number of rotatable bonds is 10. The number of H-pyrrole nitrogens is 1. The predicted octanol–water partition coefficient (Wildman–Crippen LogP) is 4.07. The Hall–Kier alpha value is -6.09. The number of hydrogen-bond acceptors (Lipinski definition) is 11. The Morgan fingerprint density at radius 2 is 1.69 bits per heavy atom. The van der Waals surface area contributed by atoms with Gasteiger partial charge in [-0.1, -0.05) is 29.3 Å². The van der Waals surface area contributed by atoms with Gasteiger partial charge >= 0.3 is 11.9 Å². The van der Waals surface area contributed by atoms with E-state index in [9.17, 15) is 29.7 Å². The first-order valence-electron chi connectivity index (χ1n) is 16.3. The first-order chi connectivity index (χ1) is 24.9. The second-order valence-electron chi connectivity index (χ2n) is 12.6. The SMILES string of the molecule is Cc1cc(C)cc(-c2c3[nH]ccc3cn2O[C@@H]2[C@@H](Oc3ccc4c(=O)c(-c5ccc(O)cc5)coc4c3)O[C@@H](COC(=O)CC(=O)O)[C@H](O)[C@H]2O)c1. The number of aryl methyl sites for hydroxylation is 2. The Labute approximate surface area is 294 Å². The number of carboxylic acid groups (broad SMARTS) is 1. The minimum atomic E-state index is -1.67. The normalized spacial score (nSPS) is 20.2. The summed E-state index contributed by atoms with van der Waals surface area (Å²) in [5.41, 5.74) is 4.92. The number of aromatic amines is 1. The molecular weight excluding hydrogens is 676 g/mol. The second-order valence-corrected chi connectivity index (χ2v) is 12.6. The molecule has 14 heteroatoms. The zero-order valence-corrected chi connectivity index (χ0v) is 27.9. The summed E-state index contributed by atoms with van der Waals surface area (Å²) in [6, 6.07) is 18.4. The molecule has 0 bridgehead atoms. The Bertz CT molecular complexity index is 2320. The number of aliphatic hydroxyl groups is 2. The molecule has 3 aromatic heterocycles. The van der Waals surface area contributed by atoms with E-state index in [0.29, 0.717) is 11.3 Å². The highest BCUT2D eigenvalue weighted by molar-refractivity contribution is 5.93. The Morgan fingerprint density at radius 3 is 2.42 bits per heavy atom. The van der Waals surface area contributed by atoms with Gasteiger partial charge in [-0.05, 0) is 61.9 Å². The molecule has 0 saturated carbocycles. The fourth-order valence-corrected chi connectivity index (χ4v) is 6.35. The molecule has 0 spiro atoms. The number of fused-ring (bicyclic) bond motifs is 2. The summed E-state index contributed by atoms with van der Waals surface area (Å²) in [4.78, 5) is 46.0. The van der Waals surface area contributed by atoms with Crippen LogP contribution in [0.1, 0.15) is 17.5 Å². The minimum absolute atomic E-state index is 0.0529. The lowest BCUT2D eigenvalue weighted by Crippen LogP contribution is -2.63. The lowest BCUT2D eigenvalue weighted by atomic mass is 9.99. The van der Waals surface area contributed by atoms with Crippen LogP contribution >= 0.6 is 0 Å². The quantitative estimate of drug-likeness (QED) is 0.101. The fourth-order valence-electron chi connectivity index (χ4n) is 6.35. The summed E-state index contributed by atoms with van der Waals surface area (Å²) >= 11 is 0. The number of carboxylic acids is 1. The summed E-state index contributed by atoms with van der Waals surface area (Å²) < 4.78 is 24.6. The maximum Gasteiger partial charge on any atom is 0.317 e. The Balaban J connectivity index is 1.23. The highest BCUT2D eigenvalue weighted by Crippen LogP contribution is 2.33. The van der Waals surface area contributed by atoms with Crippen LogP contribution in [0.3, 0.4) is 0 Å². The first-order valence-corrected chi connectivity index (χ1v) is 16.3. The molecule has 3 aromatic carbocycles. The molecule has 1 fully saturated rings. The number of aromatic nitrogens is 2. The molecule has 1 saturated heterocycles. The van der Waals surface area contributed by atoms with Gasteiger partial charge in [-0.15, -0.1) is 0 Å². The van der Waals surface area contributed by atoms with Crippen LogP contribution in [0, 0.1) is 13.8 Å². The minimum Gasteiger partial charge on any atom is -0.508 e. The van der Waals surface area contributed by atoms with Crippen molar-refractivity contribution in [1.29, 1.82) is 0 Å². The van der Waals surface area contributed by atoms with Crippen LogP contribution in [-0.4, -0.2) is 79.4 Å². The average Bonchev–Trinajstić information content (AvgIpc) is 3.68. The van der Waals surface area contributed by atoms with Crippen molar-refractivity contribution in [3.05, 3.63) is 107 Å². The van der Waals surface area contributed by atoms with Gasteiger partial charge in [0.2, 0.25) is 12.4 Å². The van der Waals surface area contributed by atoms with Gasteiger partial charge in [-0.3, -0.25) is 14.4 Å². The molecule has 0 unspecified atom stereocenters. The van der Waals surface area contributed by atoms with Crippen molar-refractivity contribution in [3.8, 4) is 33.9 Å². The van der Waals surface area contributed by atoms with E-state index in [2.05, 4.69) is 4.98 Å². The van der Waals surface area contributed by atoms with Crippen LogP contribution in [-0.2, 0) is 19.1 Å². The molecule has 1 aliphatic rings. The molecular formula is C38H34N2O12. The van der Waals surface area contributed by atoms with Crippen molar-refractivity contribution >= 4 is 33.8 Å². The van der Waals surface area contributed by atoms with Crippen LogP contribution in [0.15, 0.2) is 94.6 Å². The topological polar surface area (TPSA) is 203 Å². The summed E-state index contributed by atoms with van der Waals surface area (Å²) in [5.74, 6) is -2.26. The van der Waals surface area contributed by atoms with Crippen molar-refractivity contribution < 1.29 is 53.5 Å². The van der Waals surface area contributed by atoms with Gasteiger partial charge in [-0.2, -0.15) is 4.73 Å². The van der Waals surface area contributed by atoms with E-state index in [-0.39, 0.29) is 33.5 Å². The average molecular weight is 711 g/mol. The zero-order chi connectivity index (χ0) is 36.7. The van der Waals surface area contributed by atoms with E-state index in [0.717, 1.165) is 27.6 Å². The van der Waals surface area contributed by atoms with Crippen molar-refractivity contribution in [3.63, 3.8) is 0 Å². The second kappa shape index (κ2) is 13.9. The molecule has 0 radical (unpaired) electrons. The Kier molecular flexibility index (Phi) is 9.19. The smallest absolute Gasteiger partial charge is 0.317 e. The third-order valence-electron chi connectivity index (χ3n) is 8.75. The number of hydrogen-bond donors (Lipinski definition) is 5. The van der Waals surface area contributed by atoms with E-state index >= 15 is 0 Å². The number of benzene rings is 3. The number of carbonyl (C=O) groups is 2. The number of aromatic hydroxyl groups is 1. The van der Waals surface area contributed by atoms with Gasteiger partial charge in [0.1, 0.15) is 60.4 Å². The third-order valence-corrected chi connectivity index (χ3v) is 8.75. The van der Waals surface area contributed by atoms with Crippen LogP contribution in [0.5, 0.6) is 11.5 Å². The summed E-state index contributed by atoms with van der Waals surface area (Å²) in [6.07, 6.45) is -3.61. The van der Waals surface area contributed by atoms with Crippen molar-refractivity contribution in [2.45, 2.75) is 51.0 Å². The highest BCUT2D eigenvalue weighted by atomic mass is 16.8. The molecule has 4 heterocycles. The predicted molar refractivity (Wildman–Crippen MR) is 186 cm³/mol. The zero-order valence-electron chi connectivity index (χ0n) is 27.9. The van der Waals surface area contributed by atoms with Crippen molar-refractivity contribution in [2.24, 2.45) is 0 Å². The van der Waals surface area contributed by atoms with E-state index in [1.807, 2.05) is 38.1 Å². The van der Waals surface area contributed by atoms with Crippen LogP contribution in [0.25, 0.3) is 44.3 Å². The first kappa shape index (κ1) is 34.4. The molecule has 1 aliphatic heterocycles. The summed E-state index contributed by atoms with van der Waals surface area (Å²) in [7, 11) is 0. The number of ether oxygens (including phenoxy) is 3. The number of nitrogens with zero attached hydrogens (tertiary/aromatic N) is 1. The van der Waals surface area contributed by atoms with Gasteiger partial charge in [0, 0.05) is 23.2 Å². The molecule has 0 aliphatic carbocycles. The van der Waals surface area contributed by atoms with Gasteiger partial charge in [-0.25, -0.2) is 0 Å². The van der Waals surface area contributed by atoms with Crippen LogP contribution in [0.2, 0.25) is 0 Å². The monoisotopic (exact) mass is 710 g/mol. The number of aliphatic hydroxyl groups excluding tert-OH is 2. The standard InChI is InChI=1S/C38H34N2O12/c1-19-11-20(2)13-23(12-19)33-32-22(9-10-39-32)16-40(33)52-37-36(47)35(46)29(18-49-31(44)15-30(42)43)51-38(37)50-25-7-8-26-28(14-25)48-17-27(34(26)45)21-3-5-24(41)6-4-21/h3-14,16-17,29,35-39,41,46-47H,15,18H2,1-2H3,(H,42,43)/t29-,35-,36+,37-,38-/m0/s1. The third kappa shape index (κ3) is 6.82. The van der Waals surface area contributed by atoms with E-state index < -0.39 is 55.7 Å². The van der Waals surface area contributed by atoms with Gasteiger partial charge < -0.3 is 48.9 Å². The molecule has 52 heavy (non-hydrogen) atoms. The molecule has 5 N–H and O–H groups in total. The van der Waals surface area contributed by atoms with Crippen molar-refractivity contribution in [2.75, 3.05) is 6.61 Å². The fraction of sp³-hybridized carbons (Fsp3) is 0.237. The largest absolute Gasteiger partial charge is 0.508 e. The maximum absolute atomic E-state index is 13.4. The van der Waals surface area contributed by atoms with Crippen LogP contribution < -0.4 is 15.0 Å². The highest BCUT2D eigenvalue weighted by Gasteiger charge is 2.49. The lowest BCUT2D eigenvalue weighted by Gasteiger charge is -2.41. The van der Waals surface area contributed by atoms with Crippen LogP contribution in [0.4, 0.5) is 0 Å². The molecule has 268 valence electrons. The van der Waals surface area contributed by atoms with Gasteiger partial charge in [0.15, 0.2) is 5.43 Å². The maximum atomic E-state index is 13.4. The molecule has 5 atom stereocenters. The summed E-state index contributed by atoms with van der Waals surface area (Å²) in [5, 5.41) is 42.3. The van der Waals surface area contributed by atoms with Gasteiger partial charge in [0.25, 0.3) is 0 Å². The molecule has 7 rings (SSSR count). The van der Waals surface area contributed by atoms with E-state index in [1.165, 1.54) is 41.3 Å². The number of carbonyl (C=O) groups excluding carboxylic acids is 1. The van der Waals surface area contributed by atoms with Crippen molar-refractivity contribution in [1.82, 2.24) is 9.71 Å². The number of esters is 1. The number of phenolic OH excluding ortho intramolecular Hbond substituents is 1. The molecule has 14 nitrogen and oxygen atoms in total.